The second-order valence-corrected chi connectivity index (χ2v) is 7.97. The zero-order chi connectivity index (χ0) is 21.0. The molecule has 2 heterocycles. The summed E-state index contributed by atoms with van der Waals surface area (Å²) in [5.41, 5.74) is 0.739. The molecule has 1 aromatic rings. The number of imide groups is 1. The van der Waals surface area contributed by atoms with E-state index < -0.39 is 6.10 Å². The zero-order valence-electron chi connectivity index (χ0n) is 17.1. The third-order valence-electron chi connectivity index (χ3n) is 5.24. The van der Waals surface area contributed by atoms with Crippen molar-refractivity contribution in [2.45, 2.75) is 45.3 Å². The Balaban J connectivity index is 1.53. The van der Waals surface area contributed by atoms with Crippen LogP contribution in [0.4, 0.5) is 10.1 Å². The number of ether oxygens (including phenoxy) is 1. The Hall–Kier alpha value is -2.19. The van der Waals surface area contributed by atoms with Crippen LogP contribution in [-0.4, -0.2) is 78.2 Å². The number of rotatable bonds is 7. The van der Waals surface area contributed by atoms with Gasteiger partial charge in [0.05, 0.1) is 24.4 Å². The number of carbonyl (C=O) groups excluding carboxylic acids is 2. The molecule has 2 saturated heterocycles. The van der Waals surface area contributed by atoms with Crippen molar-refractivity contribution in [2.24, 2.45) is 0 Å². The summed E-state index contributed by atoms with van der Waals surface area (Å²) in [5.74, 6) is -0.0374. The fraction of sp³-hybridized carbons (Fsp3) is 0.619. The Kier molecular flexibility index (Phi) is 7.08. The lowest BCUT2D eigenvalue weighted by Gasteiger charge is -2.38. The molecule has 1 unspecified atom stereocenters. The number of halogens is 1. The Bertz CT molecular complexity index is 719. The van der Waals surface area contributed by atoms with Gasteiger partial charge in [0.15, 0.2) is 0 Å². The molecule has 3 rings (SSSR count). The second kappa shape index (κ2) is 9.54. The quantitative estimate of drug-likeness (QED) is 0.693. The molecule has 0 bridgehead atoms. The summed E-state index contributed by atoms with van der Waals surface area (Å²) in [6.07, 6.45) is 0.545. The van der Waals surface area contributed by atoms with Crippen molar-refractivity contribution in [1.82, 2.24) is 9.80 Å². The van der Waals surface area contributed by atoms with Crippen LogP contribution in [0.15, 0.2) is 18.2 Å². The van der Waals surface area contributed by atoms with E-state index in [2.05, 4.69) is 9.80 Å². The summed E-state index contributed by atoms with van der Waals surface area (Å²) in [5, 5.41) is 10.4. The van der Waals surface area contributed by atoms with Crippen LogP contribution in [-0.2, 0) is 9.59 Å². The Labute approximate surface area is 171 Å². The fourth-order valence-corrected chi connectivity index (χ4v) is 3.83. The molecular formula is C21H30FN3O4. The first-order valence-electron chi connectivity index (χ1n) is 10.3. The number of anilines is 1. The number of piperazine rings is 1. The fourth-order valence-electron chi connectivity index (χ4n) is 3.83. The van der Waals surface area contributed by atoms with Crippen molar-refractivity contribution in [3.05, 3.63) is 24.0 Å². The smallest absolute Gasteiger partial charge is 0.229 e. The predicted octanol–water partition coefficient (Wildman–Crippen LogP) is 1.63. The van der Waals surface area contributed by atoms with Crippen LogP contribution in [0.5, 0.6) is 5.75 Å². The highest BCUT2D eigenvalue weighted by Crippen LogP contribution is 2.31. The third-order valence-corrected chi connectivity index (χ3v) is 5.24. The topological polar surface area (TPSA) is 73.3 Å². The van der Waals surface area contributed by atoms with Crippen LogP contribution in [0.3, 0.4) is 0 Å². The molecule has 0 radical (unpaired) electrons. The van der Waals surface area contributed by atoms with Crippen molar-refractivity contribution in [3.8, 4) is 5.75 Å². The predicted molar refractivity (Wildman–Crippen MR) is 107 cm³/mol. The van der Waals surface area contributed by atoms with Crippen LogP contribution >= 0.6 is 0 Å². The van der Waals surface area contributed by atoms with Gasteiger partial charge in [0.1, 0.15) is 11.6 Å². The lowest BCUT2D eigenvalue weighted by molar-refractivity contribution is -0.149. The molecule has 7 nitrogen and oxygen atoms in total. The highest BCUT2D eigenvalue weighted by Gasteiger charge is 2.29. The van der Waals surface area contributed by atoms with E-state index in [0.717, 1.165) is 5.69 Å². The normalized spacial score (nSPS) is 19.8. The molecule has 8 heteroatoms. The standard InChI is InChI=1S/C21H30FN3O4/c1-15(2)29-19-7-6-16(22)12-18(19)24-10-8-23(9-11-24)13-17(26)14-25-20(27)4-3-5-21(25)28/h6-7,12,15,17,26H,3-5,8-11,13-14H2,1-2H3. The number of carbonyl (C=O) groups is 2. The van der Waals surface area contributed by atoms with E-state index in [1.807, 2.05) is 13.8 Å². The monoisotopic (exact) mass is 407 g/mol. The van der Waals surface area contributed by atoms with Crippen LogP contribution < -0.4 is 9.64 Å². The average Bonchev–Trinajstić information content (AvgIpc) is 2.67. The number of β-amino-alcohol motifs (C(OH)–C–C–N with tert-alkyl or cyclic N) is 1. The van der Waals surface area contributed by atoms with Gasteiger partial charge in [-0.2, -0.15) is 0 Å². The van der Waals surface area contributed by atoms with E-state index in [0.29, 0.717) is 57.7 Å². The number of amides is 2. The van der Waals surface area contributed by atoms with E-state index in [9.17, 15) is 19.1 Å². The highest BCUT2D eigenvalue weighted by atomic mass is 19.1. The SMILES string of the molecule is CC(C)Oc1ccc(F)cc1N1CCN(CC(O)CN2C(=O)CCCC2=O)CC1. The van der Waals surface area contributed by atoms with Gasteiger partial charge in [-0.25, -0.2) is 4.39 Å². The van der Waals surface area contributed by atoms with E-state index in [-0.39, 0.29) is 30.3 Å². The van der Waals surface area contributed by atoms with Crippen LogP contribution in [0.1, 0.15) is 33.1 Å². The van der Waals surface area contributed by atoms with Crippen LogP contribution in [0.25, 0.3) is 0 Å². The van der Waals surface area contributed by atoms with E-state index in [4.69, 9.17) is 4.74 Å². The van der Waals surface area contributed by atoms with Crippen LogP contribution in [0.2, 0.25) is 0 Å². The second-order valence-electron chi connectivity index (χ2n) is 7.97. The number of piperidine rings is 1. The third kappa shape index (κ3) is 5.67. The molecule has 1 N–H and O–H groups in total. The van der Waals surface area contributed by atoms with Gasteiger partial charge < -0.3 is 14.7 Å². The molecule has 2 amide bonds. The molecular weight excluding hydrogens is 377 g/mol. The summed E-state index contributed by atoms with van der Waals surface area (Å²) < 4.78 is 19.6. The number of hydrogen-bond acceptors (Lipinski definition) is 6. The minimum Gasteiger partial charge on any atom is -0.489 e. The summed E-state index contributed by atoms with van der Waals surface area (Å²) >= 11 is 0. The molecule has 1 aromatic carbocycles. The Morgan fingerprint density at radius 2 is 1.72 bits per heavy atom. The molecule has 0 saturated carbocycles. The van der Waals surface area contributed by atoms with E-state index >= 15 is 0 Å². The van der Waals surface area contributed by atoms with E-state index in [1.165, 1.54) is 17.0 Å². The molecule has 2 aliphatic rings. The molecule has 0 aliphatic carbocycles. The maximum atomic E-state index is 13.8. The Morgan fingerprint density at radius 3 is 2.34 bits per heavy atom. The van der Waals surface area contributed by atoms with Crippen LogP contribution in [0, 0.1) is 5.82 Å². The first kappa shape index (κ1) is 21.5. The average molecular weight is 407 g/mol. The number of aliphatic hydroxyl groups excluding tert-OH is 1. The minimum atomic E-state index is -0.776. The molecule has 160 valence electrons. The first-order chi connectivity index (χ1) is 13.8. The largest absolute Gasteiger partial charge is 0.489 e. The summed E-state index contributed by atoms with van der Waals surface area (Å²) in [4.78, 5) is 29.2. The minimum absolute atomic E-state index is 0.00384. The van der Waals surface area contributed by atoms with Gasteiger partial charge in [-0.3, -0.25) is 19.4 Å². The van der Waals surface area contributed by atoms with Crippen molar-refractivity contribution >= 4 is 17.5 Å². The maximum absolute atomic E-state index is 13.8. The molecule has 2 aliphatic heterocycles. The van der Waals surface area contributed by atoms with Crippen molar-refractivity contribution in [3.63, 3.8) is 0 Å². The van der Waals surface area contributed by atoms with Crippen molar-refractivity contribution < 1.29 is 23.8 Å². The van der Waals surface area contributed by atoms with Gasteiger partial charge in [0.2, 0.25) is 11.8 Å². The Morgan fingerprint density at radius 1 is 1.07 bits per heavy atom. The molecule has 29 heavy (non-hydrogen) atoms. The van der Waals surface area contributed by atoms with Crippen molar-refractivity contribution in [1.29, 1.82) is 0 Å². The molecule has 0 aromatic heterocycles. The molecule has 0 spiro atoms. The number of benzene rings is 1. The number of aliphatic hydroxyl groups is 1. The molecule has 1 atom stereocenters. The number of nitrogens with zero attached hydrogens (tertiary/aromatic N) is 3. The number of likely N-dealkylation sites (tertiary alicyclic amines) is 1. The lowest BCUT2D eigenvalue weighted by Crippen LogP contribution is -2.51. The van der Waals surface area contributed by atoms with Crippen molar-refractivity contribution in [2.75, 3.05) is 44.2 Å². The highest BCUT2D eigenvalue weighted by molar-refractivity contribution is 5.97. The maximum Gasteiger partial charge on any atom is 0.229 e. The van der Waals surface area contributed by atoms with Gasteiger partial charge in [-0.1, -0.05) is 0 Å². The van der Waals surface area contributed by atoms with Gasteiger partial charge in [-0.05, 0) is 32.4 Å². The summed E-state index contributed by atoms with van der Waals surface area (Å²) in [7, 11) is 0. The molecule has 2 fully saturated rings. The van der Waals surface area contributed by atoms with Gasteiger partial charge >= 0.3 is 0 Å². The van der Waals surface area contributed by atoms with Gasteiger partial charge in [0.25, 0.3) is 0 Å². The first-order valence-corrected chi connectivity index (χ1v) is 10.3. The van der Waals surface area contributed by atoms with E-state index in [1.54, 1.807) is 6.07 Å². The summed E-state index contributed by atoms with van der Waals surface area (Å²) in [6, 6.07) is 4.56. The summed E-state index contributed by atoms with van der Waals surface area (Å²) in [6.45, 7) is 7.04. The van der Waals surface area contributed by atoms with Gasteiger partial charge in [0, 0.05) is 51.6 Å². The van der Waals surface area contributed by atoms with Gasteiger partial charge in [-0.15, -0.1) is 0 Å². The number of hydrogen-bond donors (Lipinski definition) is 1. The zero-order valence-corrected chi connectivity index (χ0v) is 17.1. The lowest BCUT2D eigenvalue weighted by atomic mass is 10.1.